The molecule has 1 fully saturated rings. The zero-order chi connectivity index (χ0) is 12.6. The van der Waals surface area contributed by atoms with Gasteiger partial charge < -0.3 is 4.90 Å². The van der Waals surface area contributed by atoms with Gasteiger partial charge in [-0.2, -0.15) is 0 Å². The number of aromatic nitrogens is 1. The number of carbonyl (C=O) groups excluding carboxylic acids is 1. The molecule has 1 aromatic heterocycles. The van der Waals surface area contributed by atoms with Gasteiger partial charge in [-0.25, -0.2) is 4.98 Å². The van der Waals surface area contributed by atoms with E-state index in [9.17, 15) is 4.79 Å². The fraction of sp³-hybridized carbons (Fsp3) is 0.667. The highest BCUT2D eigenvalue weighted by Crippen LogP contribution is 2.26. The number of ketones is 1. The largest absolute Gasteiger partial charge is 0.345 e. The highest BCUT2D eigenvalue weighted by molar-refractivity contribution is 7.17. The number of carbonyl (C=O) groups is 1. The fourth-order valence-electron chi connectivity index (χ4n) is 2.13. The SMILES string of the molecule is CC(=O)c1cnc(N2CC(C)N(C)C(C)C2)s1. The van der Waals surface area contributed by atoms with E-state index in [4.69, 9.17) is 0 Å². The molecule has 1 saturated heterocycles. The first-order valence-electron chi connectivity index (χ1n) is 5.92. The van der Waals surface area contributed by atoms with Crippen molar-refractivity contribution in [1.29, 1.82) is 0 Å². The van der Waals surface area contributed by atoms with Crippen molar-refractivity contribution in [1.82, 2.24) is 9.88 Å². The van der Waals surface area contributed by atoms with Crippen molar-refractivity contribution in [2.75, 3.05) is 25.0 Å². The van der Waals surface area contributed by atoms with E-state index in [0.717, 1.165) is 23.1 Å². The maximum Gasteiger partial charge on any atom is 0.186 e. The summed E-state index contributed by atoms with van der Waals surface area (Å²) in [6.07, 6.45) is 1.69. The molecule has 1 aromatic rings. The highest BCUT2D eigenvalue weighted by Gasteiger charge is 2.28. The average Bonchev–Trinajstić information content (AvgIpc) is 2.74. The van der Waals surface area contributed by atoms with Crippen LogP contribution in [0.25, 0.3) is 0 Å². The minimum Gasteiger partial charge on any atom is -0.345 e. The van der Waals surface area contributed by atoms with E-state index in [2.05, 4.69) is 35.7 Å². The van der Waals surface area contributed by atoms with Crippen LogP contribution in [-0.4, -0.2) is 47.9 Å². The van der Waals surface area contributed by atoms with Gasteiger partial charge in [-0.3, -0.25) is 9.69 Å². The van der Waals surface area contributed by atoms with Crippen molar-refractivity contribution in [2.45, 2.75) is 32.9 Å². The Morgan fingerprint density at radius 2 is 2.00 bits per heavy atom. The van der Waals surface area contributed by atoms with Crippen molar-refractivity contribution in [3.63, 3.8) is 0 Å². The zero-order valence-corrected chi connectivity index (χ0v) is 11.6. The van der Waals surface area contributed by atoms with Gasteiger partial charge in [0.15, 0.2) is 10.9 Å². The Hall–Kier alpha value is -0.940. The smallest absolute Gasteiger partial charge is 0.186 e. The molecule has 17 heavy (non-hydrogen) atoms. The van der Waals surface area contributed by atoms with Crippen LogP contribution in [0.4, 0.5) is 5.13 Å². The van der Waals surface area contributed by atoms with Gasteiger partial charge in [0.2, 0.25) is 0 Å². The molecule has 2 unspecified atom stereocenters. The Morgan fingerprint density at radius 3 is 2.47 bits per heavy atom. The Bertz CT molecular complexity index is 406. The van der Waals surface area contributed by atoms with Gasteiger partial charge in [0.05, 0.1) is 11.1 Å². The molecular formula is C12H19N3OS. The summed E-state index contributed by atoms with van der Waals surface area (Å²) in [6.45, 7) is 7.99. The summed E-state index contributed by atoms with van der Waals surface area (Å²) in [5.74, 6) is 0.101. The first-order valence-corrected chi connectivity index (χ1v) is 6.74. The van der Waals surface area contributed by atoms with E-state index in [1.165, 1.54) is 11.3 Å². The van der Waals surface area contributed by atoms with Gasteiger partial charge >= 0.3 is 0 Å². The fourth-order valence-corrected chi connectivity index (χ4v) is 2.96. The lowest BCUT2D eigenvalue weighted by molar-refractivity contribution is 0.102. The van der Waals surface area contributed by atoms with Gasteiger partial charge in [0, 0.05) is 32.1 Å². The molecule has 1 aliphatic heterocycles. The molecule has 0 aromatic carbocycles. The van der Waals surface area contributed by atoms with Gasteiger partial charge in [-0.15, -0.1) is 0 Å². The number of piperazine rings is 1. The number of Topliss-reactive ketones (excluding diaryl/α,β-unsaturated/α-hetero) is 1. The van der Waals surface area contributed by atoms with E-state index in [1.807, 2.05) is 0 Å². The number of hydrogen-bond donors (Lipinski definition) is 0. The second kappa shape index (κ2) is 4.74. The summed E-state index contributed by atoms with van der Waals surface area (Å²) in [5, 5.41) is 0.974. The highest BCUT2D eigenvalue weighted by atomic mass is 32.1. The third-order valence-corrected chi connectivity index (χ3v) is 4.63. The predicted octanol–water partition coefficient (Wildman–Crippen LogP) is 1.87. The molecule has 0 bridgehead atoms. The number of likely N-dealkylation sites (N-methyl/N-ethyl adjacent to an activating group) is 1. The number of nitrogens with zero attached hydrogens (tertiary/aromatic N) is 3. The number of anilines is 1. The minimum atomic E-state index is 0.101. The van der Waals surface area contributed by atoms with Crippen LogP contribution in [0.15, 0.2) is 6.20 Å². The summed E-state index contributed by atoms with van der Waals surface area (Å²) >= 11 is 1.50. The molecule has 5 heteroatoms. The third-order valence-electron chi connectivity index (χ3n) is 3.47. The minimum absolute atomic E-state index is 0.101. The normalized spacial score (nSPS) is 26.2. The lowest BCUT2D eigenvalue weighted by atomic mass is 10.1. The molecule has 0 radical (unpaired) electrons. The maximum atomic E-state index is 11.3. The predicted molar refractivity (Wildman–Crippen MR) is 71.0 cm³/mol. The number of thiazole rings is 1. The Morgan fingerprint density at radius 1 is 1.41 bits per heavy atom. The lowest BCUT2D eigenvalue weighted by Crippen LogP contribution is -2.55. The molecule has 0 spiro atoms. The summed E-state index contributed by atoms with van der Waals surface area (Å²) < 4.78 is 0. The first kappa shape index (κ1) is 12.5. The Kier molecular flexibility index (Phi) is 3.49. The molecule has 94 valence electrons. The topological polar surface area (TPSA) is 36.4 Å². The van der Waals surface area contributed by atoms with E-state index in [-0.39, 0.29) is 5.78 Å². The van der Waals surface area contributed by atoms with Crippen molar-refractivity contribution in [2.24, 2.45) is 0 Å². The van der Waals surface area contributed by atoms with Crippen molar-refractivity contribution in [3.8, 4) is 0 Å². The van der Waals surface area contributed by atoms with E-state index in [0.29, 0.717) is 12.1 Å². The molecule has 1 aliphatic rings. The second-order valence-corrected chi connectivity index (χ2v) is 5.84. The molecule has 2 atom stereocenters. The molecule has 0 saturated carbocycles. The van der Waals surface area contributed by atoms with Crippen LogP contribution in [0, 0.1) is 0 Å². The monoisotopic (exact) mass is 253 g/mol. The van der Waals surface area contributed by atoms with Crippen molar-refractivity contribution < 1.29 is 4.79 Å². The standard InChI is InChI=1S/C12H19N3OS/c1-8-6-15(7-9(2)14(8)4)12-13-5-11(17-12)10(3)16/h5,8-9H,6-7H2,1-4H3. The van der Waals surface area contributed by atoms with Gasteiger partial charge in [-0.05, 0) is 20.9 Å². The summed E-state index contributed by atoms with van der Waals surface area (Å²) in [6, 6.07) is 1.03. The number of rotatable bonds is 2. The Labute approximate surface area is 106 Å². The molecule has 0 aliphatic carbocycles. The Balaban J connectivity index is 2.14. The van der Waals surface area contributed by atoms with Crippen LogP contribution in [0.3, 0.4) is 0 Å². The lowest BCUT2D eigenvalue weighted by Gasteiger charge is -2.42. The maximum absolute atomic E-state index is 11.3. The molecule has 4 nitrogen and oxygen atoms in total. The van der Waals surface area contributed by atoms with E-state index in [1.54, 1.807) is 13.1 Å². The molecule has 0 N–H and O–H groups in total. The van der Waals surface area contributed by atoms with Crippen molar-refractivity contribution in [3.05, 3.63) is 11.1 Å². The first-order chi connectivity index (χ1) is 7.99. The van der Waals surface area contributed by atoms with E-state index < -0.39 is 0 Å². The molecular weight excluding hydrogens is 234 g/mol. The number of hydrogen-bond acceptors (Lipinski definition) is 5. The quantitative estimate of drug-likeness (QED) is 0.754. The average molecular weight is 253 g/mol. The molecule has 0 amide bonds. The molecule has 2 rings (SSSR count). The summed E-state index contributed by atoms with van der Waals surface area (Å²) in [7, 11) is 2.16. The van der Waals surface area contributed by atoms with Crippen LogP contribution >= 0.6 is 11.3 Å². The van der Waals surface area contributed by atoms with Gasteiger partial charge in [-0.1, -0.05) is 11.3 Å². The van der Waals surface area contributed by atoms with E-state index >= 15 is 0 Å². The third kappa shape index (κ3) is 2.50. The van der Waals surface area contributed by atoms with Crippen LogP contribution in [-0.2, 0) is 0 Å². The summed E-state index contributed by atoms with van der Waals surface area (Å²) in [5.41, 5.74) is 0. The van der Waals surface area contributed by atoms with Gasteiger partial charge in [0.1, 0.15) is 0 Å². The summed E-state index contributed by atoms with van der Waals surface area (Å²) in [4.78, 5) is 21.0. The van der Waals surface area contributed by atoms with Gasteiger partial charge in [0.25, 0.3) is 0 Å². The van der Waals surface area contributed by atoms with Crippen LogP contribution in [0.1, 0.15) is 30.4 Å². The zero-order valence-electron chi connectivity index (χ0n) is 10.8. The molecule has 2 heterocycles. The van der Waals surface area contributed by atoms with Crippen LogP contribution in [0.2, 0.25) is 0 Å². The van der Waals surface area contributed by atoms with Crippen LogP contribution < -0.4 is 4.90 Å². The second-order valence-electron chi connectivity index (χ2n) is 4.83. The van der Waals surface area contributed by atoms with Crippen molar-refractivity contribution >= 4 is 22.3 Å². The van der Waals surface area contributed by atoms with Crippen LogP contribution in [0.5, 0.6) is 0 Å².